The molecule has 1 aliphatic heterocycles. The summed E-state index contributed by atoms with van der Waals surface area (Å²) in [6.07, 6.45) is 1.79. The van der Waals surface area contributed by atoms with E-state index in [-0.39, 0.29) is 17.8 Å². The van der Waals surface area contributed by atoms with E-state index in [1.165, 1.54) is 11.8 Å². The van der Waals surface area contributed by atoms with Gasteiger partial charge in [0.25, 0.3) is 0 Å². The molecule has 0 bridgehead atoms. The number of rotatable bonds is 9. The number of allylic oxidation sites excluding steroid dienone is 1. The Labute approximate surface area is 187 Å². The first-order valence-electron chi connectivity index (χ1n) is 10.1. The number of thioether (sulfide) groups is 1. The minimum atomic E-state index is -0.240. The van der Waals surface area contributed by atoms with Crippen molar-refractivity contribution in [1.82, 2.24) is 24.6 Å². The van der Waals surface area contributed by atoms with Crippen LogP contribution in [0.15, 0.2) is 42.1 Å². The molecular weight excluding hydrogens is 422 g/mol. The predicted octanol–water partition coefficient (Wildman–Crippen LogP) is 3.34. The summed E-state index contributed by atoms with van der Waals surface area (Å²) in [7, 11) is 0. The van der Waals surface area contributed by atoms with Crippen molar-refractivity contribution in [3.63, 3.8) is 0 Å². The number of carbonyl (C=O) groups excluding carboxylic acids is 1. The van der Waals surface area contributed by atoms with Crippen LogP contribution in [0.25, 0.3) is 0 Å². The van der Waals surface area contributed by atoms with E-state index in [4.69, 9.17) is 16.3 Å². The number of hydrogen-bond acceptors (Lipinski definition) is 6. The quantitative estimate of drug-likeness (QED) is 0.432. The Balaban J connectivity index is 1.63. The Morgan fingerprint density at radius 3 is 2.60 bits per heavy atom. The highest BCUT2D eigenvalue weighted by atomic mass is 35.5. The summed E-state index contributed by atoms with van der Waals surface area (Å²) in [5, 5.41) is 9.69. The molecule has 0 spiro atoms. The maximum Gasteiger partial charge on any atom is 0.235 e. The van der Waals surface area contributed by atoms with Gasteiger partial charge in [-0.2, -0.15) is 0 Å². The monoisotopic (exact) mass is 449 g/mol. The average molecular weight is 450 g/mol. The molecule has 2 heterocycles. The summed E-state index contributed by atoms with van der Waals surface area (Å²) in [4.78, 5) is 17.2. The summed E-state index contributed by atoms with van der Waals surface area (Å²) in [6.45, 7) is 13.2. The third-order valence-corrected chi connectivity index (χ3v) is 6.37. The van der Waals surface area contributed by atoms with E-state index >= 15 is 0 Å². The minimum absolute atomic E-state index is 0.142. The third-order valence-electron chi connectivity index (χ3n) is 5.05. The number of benzene rings is 1. The summed E-state index contributed by atoms with van der Waals surface area (Å²) in [5.41, 5.74) is 0. The van der Waals surface area contributed by atoms with E-state index in [1.807, 2.05) is 28.5 Å². The topological polar surface area (TPSA) is 63.5 Å². The molecule has 0 radical (unpaired) electrons. The second-order valence-electron chi connectivity index (χ2n) is 7.06. The van der Waals surface area contributed by atoms with Gasteiger partial charge in [-0.15, -0.1) is 16.8 Å². The van der Waals surface area contributed by atoms with Gasteiger partial charge < -0.3 is 14.5 Å². The first-order chi connectivity index (χ1) is 14.5. The fourth-order valence-corrected chi connectivity index (χ4v) is 4.34. The van der Waals surface area contributed by atoms with Gasteiger partial charge in [0.15, 0.2) is 11.0 Å². The van der Waals surface area contributed by atoms with Gasteiger partial charge in [0.1, 0.15) is 12.4 Å². The molecule has 1 fully saturated rings. The lowest BCUT2D eigenvalue weighted by atomic mass is 10.3. The summed E-state index contributed by atoms with van der Waals surface area (Å²) >= 11 is 7.34. The normalized spacial score (nSPS) is 15.8. The number of aromatic nitrogens is 3. The van der Waals surface area contributed by atoms with E-state index in [9.17, 15) is 4.79 Å². The van der Waals surface area contributed by atoms with Crippen LogP contribution >= 0.6 is 23.4 Å². The van der Waals surface area contributed by atoms with Gasteiger partial charge in [-0.05, 0) is 37.7 Å². The Bertz CT molecular complexity index is 850. The molecule has 1 aromatic carbocycles. The van der Waals surface area contributed by atoms with Gasteiger partial charge in [-0.3, -0.25) is 9.36 Å². The number of hydrogen-bond donors (Lipinski definition) is 0. The van der Waals surface area contributed by atoms with E-state index in [0.29, 0.717) is 28.3 Å². The SMILES string of the molecule is C=CCn1c(COc2ccc(Cl)cc2)nnc1SC(C)C(=O)N1CCN(CC)CC1. The van der Waals surface area contributed by atoms with E-state index in [1.54, 1.807) is 18.2 Å². The molecule has 30 heavy (non-hydrogen) atoms. The van der Waals surface area contributed by atoms with Gasteiger partial charge in [0.2, 0.25) is 5.91 Å². The molecule has 1 unspecified atom stereocenters. The zero-order chi connectivity index (χ0) is 21.5. The van der Waals surface area contributed by atoms with Crippen molar-refractivity contribution in [3.8, 4) is 5.75 Å². The standard InChI is InChI=1S/C21H28ClN5O2S/c1-4-10-27-19(15-29-18-8-6-17(22)7-9-18)23-24-21(27)30-16(3)20(28)26-13-11-25(5-2)12-14-26/h4,6-9,16H,1,5,10-15H2,2-3H3. The Morgan fingerprint density at radius 2 is 1.97 bits per heavy atom. The molecular formula is C21H28ClN5O2S. The molecule has 3 rings (SSSR count). The van der Waals surface area contributed by atoms with E-state index in [2.05, 4.69) is 28.6 Å². The lowest BCUT2D eigenvalue weighted by molar-refractivity contribution is -0.132. The van der Waals surface area contributed by atoms with Crippen LogP contribution in [-0.4, -0.2) is 68.4 Å². The van der Waals surface area contributed by atoms with E-state index in [0.717, 1.165) is 32.7 Å². The first-order valence-corrected chi connectivity index (χ1v) is 11.4. The maximum atomic E-state index is 12.9. The lowest BCUT2D eigenvalue weighted by Crippen LogP contribution is -2.50. The second-order valence-corrected chi connectivity index (χ2v) is 8.80. The molecule has 2 aromatic rings. The van der Waals surface area contributed by atoms with Gasteiger partial charge >= 0.3 is 0 Å². The molecule has 1 saturated heterocycles. The number of carbonyl (C=O) groups is 1. The highest BCUT2D eigenvalue weighted by molar-refractivity contribution is 8.00. The van der Waals surface area contributed by atoms with Crippen LogP contribution in [-0.2, 0) is 17.9 Å². The number of halogens is 1. The third kappa shape index (κ3) is 5.77. The molecule has 1 aliphatic rings. The number of ether oxygens (including phenoxy) is 1. The molecule has 0 saturated carbocycles. The first kappa shape index (κ1) is 22.7. The number of likely N-dealkylation sites (N-methyl/N-ethyl adjacent to an activating group) is 1. The fraction of sp³-hybridized carbons (Fsp3) is 0.476. The van der Waals surface area contributed by atoms with Crippen molar-refractivity contribution >= 4 is 29.3 Å². The van der Waals surface area contributed by atoms with Gasteiger partial charge in [0, 0.05) is 37.7 Å². The summed E-state index contributed by atoms with van der Waals surface area (Å²) in [5.74, 6) is 1.53. The van der Waals surface area contributed by atoms with E-state index < -0.39 is 0 Å². The maximum absolute atomic E-state index is 12.9. The Hall–Kier alpha value is -2.03. The molecule has 0 N–H and O–H groups in total. The van der Waals surface area contributed by atoms with Crippen LogP contribution in [0.5, 0.6) is 5.75 Å². The van der Waals surface area contributed by atoms with Gasteiger partial charge in [-0.25, -0.2) is 0 Å². The highest BCUT2D eigenvalue weighted by Gasteiger charge is 2.26. The zero-order valence-electron chi connectivity index (χ0n) is 17.5. The van der Waals surface area contributed by atoms with Gasteiger partial charge in [0.05, 0.1) is 5.25 Å². The van der Waals surface area contributed by atoms with Crippen LogP contribution in [0.3, 0.4) is 0 Å². The van der Waals surface area contributed by atoms with Crippen LogP contribution in [0.1, 0.15) is 19.7 Å². The van der Waals surface area contributed by atoms with Crippen molar-refractivity contribution in [3.05, 3.63) is 47.8 Å². The minimum Gasteiger partial charge on any atom is -0.486 e. The summed E-state index contributed by atoms with van der Waals surface area (Å²) < 4.78 is 7.75. The van der Waals surface area contributed by atoms with Crippen LogP contribution in [0.4, 0.5) is 0 Å². The smallest absolute Gasteiger partial charge is 0.235 e. The number of amides is 1. The highest BCUT2D eigenvalue weighted by Crippen LogP contribution is 2.25. The van der Waals surface area contributed by atoms with Crippen molar-refractivity contribution in [2.75, 3.05) is 32.7 Å². The average Bonchev–Trinajstić information content (AvgIpc) is 3.14. The molecule has 9 heteroatoms. The molecule has 1 atom stereocenters. The lowest BCUT2D eigenvalue weighted by Gasteiger charge is -2.35. The number of piperazine rings is 1. The van der Waals surface area contributed by atoms with Crippen LogP contribution < -0.4 is 4.74 Å². The van der Waals surface area contributed by atoms with Crippen molar-refractivity contribution < 1.29 is 9.53 Å². The second kappa shape index (κ2) is 10.8. The van der Waals surface area contributed by atoms with Gasteiger partial charge in [-0.1, -0.05) is 36.4 Å². The van der Waals surface area contributed by atoms with Crippen molar-refractivity contribution in [2.24, 2.45) is 0 Å². The Morgan fingerprint density at radius 1 is 1.27 bits per heavy atom. The predicted molar refractivity (Wildman–Crippen MR) is 120 cm³/mol. The molecule has 0 aliphatic carbocycles. The molecule has 162 valence electrons. The molecule has 1 aromatic heterocycles. The molecule has 7 nitrogen and oxygen atoms in total. The van der Waals surface area contributed by atoms with Crippen LogP contribution in [0, 0.1) is 0 Å². The number of nitrogens with zero attached hydrogens (tertiary/aromatic N) is 5. The summed E-state index contributed by atoms with van der Waals surface area (Å²) in [6, 6.07) is 7.18. The Kier molecular flexibility index (Phi) is 8.18. The van der Waals surface area contributed by atoms with Crippen molar-refractivity contribution in [1.29, 1.82) is 0 Å². The molecule has 1 amide bonds. The fourth-order valence-electron chi connectivity index (χ4n) is 3.25. The van der Waals surface area contributed by atoms with Crippen molar-refractivity contribution in [2.45, 2.75) is 37.4 Å². The van der Waals surface area contributed by atoms with Crippen LogP contribution in [0.2, 0.25) is 5.02 Å². The zero-order valence-corrected chi connectivity index (χ0v) is 19.0. The largest absolute Gasteiger partial charge is 0.486 e.